The summed E-state index contributed by atoms with van der Waals surface area (Å²) < 4.78 is 5.77. The molecule has 5 N–H and O–H groups in total. The Morgan fingerprint density at radius 3 is 2.11 bits per heavy atom. The summed E-state index contributed by atoms with van der Waals surface area (Å²) >= 11 is 0. The van der Waals surface area contributed by atoms with Gasteiger partial charge in [0.2, 0.25) is 11.8 Å². The molecule has 0 fully saturated rings. The maximum absolute atomic E-state index is 12.6. The van der Waals surface area contributed by atoms with Crippen molar-refractivity contribution in [3.05, 3.63) is 66.2 Å². The number of hydrogen-bond acceptors (Lipinski definition) is 6. The molecular weight excluding hydrogens is 556 g/mol. The molecule has 2 aromatic carbocycles. The third-order valence-corrected chi connectivity index (χ3v) is 7.02. The van der Waals surface area contributed by atoms with Gasteiger partial charge >= 0.3 is 0 Å². The largest absolute Gasteiger partial charge is 0.494 e. The Morgan fingerprint density at radius 2 is 1.45 bits per heavy atom. The van der Waals surface area contributed by atoms with Crippen LogP contribution in [0.3, 0.4) is 0 Å². The molecule has 0 aliphatic heterocycles. The van der Waals surface area contributed by atoms with Crippen molar-refractivity contribution in [2.75, 3.05) is 31.6 Å². The van der Waals surface area contributed by atoms with Crippen LogP contribution in [-0.4, -0.2) is 55.3 Å². The number of amides is 3. The molecule has 0 aliphatic carbocycles. The SMILES string of the molecule is CCCCCCCCCCCCNC(=O)CCCOc1ccc(NC(NC(=O)/C=C\c2ccccc2)C(=O)NCCO)cc1. The molecule has 242 valence electrons. The summed E-state index contributed by atoms with van der Waals surface area (Å²) in [5.41, 5.74) is 1.46. The normalized spacial score (nSPS) is 11.6. The van der Waals surface area contributed by atoms with Crippen LogP contribution in [0.5, 0.6) is 5.75 Å². The molecule has 0 aromatic heterocycles. The number of carbonyl (C=O) groups is 3. The Morgan fingerprint density at radius 1 is 0.795 bits per heavy atom. The highest BCUT2D eigenvalue weighted by atomic mass is 16.5. The fourth-order valence-electron chi connectivity index (χ4n) is 4.54. The minimum atomic E-state index is -1.06. The standard InChI is InChI=1S/C35H52N4O5/c1-2-3-4-5-6-7-8-9-10-14-25-36-32(41)18-15-28-44-31-22-20-30(21-23-31)38-34(35(43)37-26-27-40)39-33(42)24-19-29-16-12-11-13-17-29/h11-13,16-17,19-24,34,38,40H,2-10,14-15,18,25-28H2,1H3,(H,36,41)(H,37,43)(H,39,42)/b24-19-. The fourth-order valence-corrected chi connectivity index (χ4v) is 4.54. The predicted molar refractivity (Wildman–Crippen MR) is 177 cm³/mol. The van der Waals surface area contributed by atoms with Crippen molar-refractivity contribution in [1.29, 1.82) is 0 Å². The number of aliphatic hydroxyl groups excluding tert-OH is 1. The Bertz CT molecular complexity index is 1090. The highest BCUT2D eigenvalue weighted by Gasteiger charge is 2.19. The van der Waals surface area contributed by atoms with Crippen molar-refractivity contribution >= 4 is 29.5 Å². The minimum Gasteiger partial charge on any atom is -0.494 e. The van der Waals surface area contributed by atoms with Crippen molar-refractivity contribution in [2.24, 2.45) is 0 Å². The van der Waals surface area contributed by atoms with Gasteiger partial charge in [0.05, 0.1) is 13.2 Å². The van der Waals surface area contributed by atoms with E-state index in [0.29, 0.717) is 30.9 Å². The molecular formula is C35H52N4O5. The van der Waals surface area contributed by atoms with Crippen molar-refractivity contribution in [2.45, 2.75) is 90.1 Å². The molecule has 9 heteroatoms. The molecule has 1 unspecified atom stereocenters. The number of nitrogens with one attached hydrogen (secondary N) is 4. The number of carbonyl (C=O) groups excluding carboxylic acids is 3. The van der Waals surface area contributed by atoms with Gasteiger partial charge in [0, 0.05) is 31.3 Å². The number of rotatable bonds is 24. The quantitative estimate of drug-likeness (QED) is 0.0603. The van der Waals surface area contributed by atoms with Crippen LogP contribution in [-0.2, 0) is 14.4 Å². The first-order chi connectivity index (χ1) is 21.5. The minimum absolute atomic E-state index is 0.0512. The van der Waals surface area contributed by atoms with Gasteiger partial charge in [-0.3, -0.25) is 14.4 Å². The topological polar surface area (TPSA) is 129 Å². The van der Waals surface area contributed by atoms with Crippen LogP contribution in [0.1, 0.15) is 89.5 Å². The third kappa shape index (κ3) is 17.3. The summed E-state index contributed by atoms with van der Waals surface area (Å²) in [7, 11) is 0. The van der Waals surface area contributed by atoms with E-state index in [1.54, 1.807) is 30.3 Å². The maximum atomic E-state index is 12.6. The first-order valence-electron chi connectivity index (χ1n) is 16.2. The van der Waals surface area contributed by atoms with Crippen molar-refractivity contribution in [3.63, 3.8) is 0 Å². The number of benzene rings is 2. The average molecular weight is 609 g/mol. The van der Waals surface area contributed by atoms with Gasteiger partial charge in [0.25, 0.3) is 5.91 Å². The van der Waals surface area contributed by atoms with Gasteiger partial charge in [0.15, 0.2) is 6.17 Å². The van der Waals surface area contributed by atoms with Gasteiger partial charge in [-0.1, -0.05) is 95.0 Å². The van der Waals surface area contributed by atoms with E-state index in [1.165, 1.54) is 57.4 Å². The first kappa shape index (κ1) is 36.3. The van der Waals surface area contributed by atoms with E-state index >= 15 is 0 Å². The zero-order valence-electron chi connectivity index (χ0n) is 26.3. The van der Waals surface area contributed by atoms with E-state index in [9.17, 15) is 14.4 Å². The van der Waals surface area contributed by atoms with Crippen LogP contribution < -0.4 is 26.0 Å². The summed E-state index contributed by atoms with van der Waals surface area (Å²) in [5, 5.41) is 20.3. The van der Waals surface area contributed by atoms with Gasteiger partial charge < -0.3 is 31.1 Å². The summed E-state index contributed by atoms with van der Waals surface area (Å²) in [6.07, 6.45) is 15.7. The number of hydrogen-bond donors (Lipinski definition) is 5. The molecule has 0 heterocycles. The van der Waals surface area contributed by atoms with E-state index in [1.807, 2.05) is 30.3 Å². The first-order valence-corrected chi connectivity index (χ1v) is 16.2. The zero-order valence-corrected chi connectivity index (χ0v) is 26.3. The second kappa shape index (κ2) is 23.6. The molecule has 2 aromatic rings. The van der Waals surface area contributed by atoms with Crippen LogP contribution in [0.4, 0.5) is 5.69 Å². The third-order valence-electron chi connectivity index (χ3n) is 7.02. The molecule has 0 bridgehead atoms. The zero-order chi connectivity index (χ0) is 31.7. The molecule has 0 saturated heterocycles. The molecule has 1 atom stereocenters. The predicted octanol–water partition coefficient (Wildman–Crippen LogP) is 5.56. The second-order valence-electron chi connectivity index (χ2n) is 10.9. The molecule has 3 amide bonds. The van der Waals surface area contributed by atoms with E-state index in [-0.39, 0.29) is 19.1 Å². The summed E-state index contributed by atoms with van der Waals surface area (Å²) in [5.74, 6) is -0.238. The lowest BCUT2D eigenvalue weighted by Crippen LogP contribution is -2.51. The average Bonchev–Trinajstić information content (AvgIpc) is 3.04. The molecule has 0 saturated carbocycles. The lowest BCUT2D eigenvalue weighted by molar-refractivity contribution is -0.126. The fraction of sp³-hybridized carbons (Fsp3) is 0.514. The van der Waals surface area contributed by atoms with Crippen molar-refractivity contribution < 1.29 is 24.2 Å². The maximum Gasteiger partial charge on any atom is 0.263 e. The van der Waals surface area contributed by atoms with Gasteiger partial charge in [0.1, 0.15) is 5.75 Å². The lowest BCUT2D eigenvalue weighted by atomic mass is 10.1. The van der Waals surface area contributed by atoms with Gasteiger partial charge in [-0.15, -0.1) is 0 Å². The summed E-state index contributed by atoms with van der Waals surface area (Å²) in [6.45, 7) is 3.24. The van der Waals surface area contributed by atoms with Gasteiger partial charge in [-0.25, -0.2) is 0 Å². The second-order valence-corrected chi connectivity index (χ2v) is 10.9. The Hall–Kier alpha value is -3.85. The lowest BCUT2D eigenvalue weighted by Gasteiger charge is -2.20. The van der Waals surface area contributed by atoms with Crippen LogP contribution in [0.25, 0.3) is 6.08 Å². The number of anilines is 1. The van der Waals surface area contributed by atoms with Crippen molar-refractivity contribution in [3.8, 4) is 5.75 Å². The highest BCUT2D eigenvalue weighted by molar-refractivity contribution is 5.96. The van der Waals surface area contributed by atoms with E-state index in [4.69, 9.17) is 9.84 Å². The summed E-state index contributed by atoms with van der Waals surface area (Å²) in [6, 6.07) is 16.4. The molecule has 0 radical (unpaired) electrons. The number of unbranched alkanes of at least 4 members (excludes halogenated alkanes) is 9. The van der Waals surface area contributed by atoms with E-state index in [0.717, 1.165) is 24.9 Å². The summed E-state index contributed by atoms with van der Waals surface area (Å²) in [4.78, 5) is 37.2. The van der Waals surface area contributed by atoms with E-state index < -0.39 is 18.0 Å². The smallest absolute Gasteiger partial charge is 0.263 e. The van der Waals surface area contributed by atoms with E-state index in [2.05, 4.69) is 28.2 Å². The van der Waals surface area contributed by atoms with Crippen LogP contribution in [0, 0.1) is 0 Å². The van der Waals surface area contributed by atoms with Crippen LogP contribution >= 0.6 is 0 Å². The molecule has 2 rings (SSSR count). The van der Waals surface area contributed by atoms with Crippen LogP contribution in [0.2, 0.25) is 0 Å². The molecule has 0 aliphatic rings. The Balaban J connectivity index is 1.65. The van der Waals surface area contributed by atoms with Crippen molar-refractivity contribution in [1.82, 2.24) is 16.0 Å². The van der Waals surface area contributed by atoms with Gasteiger partial charge in [-0.2, -0.15) is 0 Å². The highest BCUT2D eigenvalue weighted by Crippen LogP contribution is 2.17. The van der Waals surface area contributed by atoms with Gasteiger partial charge in [-0.05, 0) is 48.7 Å². The number of ether oxygens (including phenoxy) is 1. The Kier molecular flexibility index (Phi) is 19.5. The molecule has 9 nitrogen and oxygen atoms in total. The Labute approximate surface area is 263 Å². The molecule has 44 heavy (non-hydrogen) atoms. The van der Waals surface area contributed by atoms with Crippen LogP contribution in [0.15, 0.2) is 60.7 Å². The number of aliphatic hydroxyl groups is 1. The molecule has 0 spiro atoms. The monoisotopic (exact) mass is 608 g/mol.